The number of carbonyl (C=O) groups excluding carboxylic acids is 2. The predicted octanol–water partition coefficient (Wildman–Crippen LogP) is 5.58. The predicted molar refractivity (Wildman–Crippen MR) is 134 cm³/mol. The summed E-state index contributed by atoms with van der Waals surface area (Å²) in [5.41, 5.74) is 2.66. The number of hydrogen-bond acceptors (Lipinski definition) is 6. The first-order chi connectivity index (χ1) is 17.7. The first-order valence-corrected chi connectivity index (χ1v) is 11.7. The number of benzene rings is 4. The van der Waals surface area contributed by atoms with Crippen LogP contribution in [0.3, 0.4) is 0 Å². The molecule has 0 saturated carbocycles. The average Bonchev–Trinajstić information content (AvgIpc) is 3.26. The summed E-state index contributed by atoms with van der Waals surface area (Å²) in [5.74, 6) is -1.08. The van der Waals surface area contributed by atoms with Crippen LogP contribution in [0.15, 0.2) is 121 Å². The normalized spacial score (nSPS) is 19.5. The molecule has 0 N–H and O–H groups in total. The maximum Gasteiger partial charge on any atom is 0.340 e. The van der Waals surface area contributed by atoms with Crippen molar-refractivity contribution in [3.05, 3.63) is 144 Å². The zero-order chi connectivity index (χ0) is 24.7. The van der Waals surface area contributed by atoms with E-state index in [4.69, 9.17) is 14.3 Å². The molecule has 180 valence electrons. The molecular weight excluding hydrogens is 454 g/mol. The van der Waals surface area contributed by atoms with Crippen LogP contribution in [-0.4, -0.2) is 29.4 Å². The number of ether oxygens (including phenoxy) is 2. The van der Waals surface area contributed by atoms with Crippen LogP contribution in [0, 0.1) is 0 Å². The average molecular weight is 480 g/mol. The topological polar surface area (TPSA) is 65.1 Å². The fourth-order valence-corrected chi connectivity index (χ4v) is 4.20. The molecule has 5 rings (SSSR count). The van der Waals surface area contributed by atoms with Gasteiger partial charge in [0.1, 0.15) is 6.04 Å². The molecule has 6 nitrogen and oxygen atoms in total. The molecule has 6 heteroatoms. The quantitative estimate of drug-likeness (QED) is 0.322. The van der Waals surface area contributed by atoms with Crippen LogP contribution >= 0.6 is 0 Å². The van der Waals surface area contributed by atoms with Gasteiger partial charge in [-0.3, -0.25) is 0 Å². The third kappa shape index (κ3) is 5.35. The highest BCUT2D eigenvalue weighted by molar-refractivity contribution is 5.90. The molecule has 0 radical (unpaired) electrons. The molecule has 0 aliphatic carbocycles. The first-order valence-electron chi connectivity index (χ1n) is 11.7. The maximum absolute atomic E-state index is 13.1. The van der Waals surface area contributed by atoms with Crippen LogP contribution in [0.1, 0.15) is 37.9 Å². The van der Waals surface area contributed by atoms with Crippen molar-refractivity contribution in [1.82, 2.24) is 5.06 Å². The summed E-state index contributed by atoms with van der Waals surface area (Å²) in [6.45, 7) is 0.402. The molecule has 3 atom stereocenters. The molecule has 1 fully saturated rings. The lowest BCUT2D eigenvalue weighted by Crippen LogP contribution is -2.35. The Hall–Kier alpha value is -4.26. The largest absolute Gasteiger partial charge is 0.450 e. The van der Waals surface area contributed by atoms with Crippen LogP contribution in [-0.2, 0) is 20.9 Å². The second kappa shape index (κ2) is 11.0. The molecule has 4 aromatic carbocycles. The van der Waals surface area contributed by atoms with Crippen molar-refractivity contribution in [2.24, 2.45) is 0 Å². The van der Waals surface area contributed by atoms with Crippen LogP contribution in [0.25, 0.3) is 0 Å². The number of esters is 2. The summed E-state index contributed by atoms with van der Waals surface area (Å²) in [6, 6.07) is 36.3. The van der Waals surface area contributed by atoms with Gasteiger partial charge in [0.2, 0.25) is 0 Å². The van der Waals surface area contributed by atoms with Gasteiger partial charge in [-0.15, -0.1) is 0 Å². The number of hydrogen-bond donors (Lipinski definition) is 0. The SMILES string of the molecule is O=C(OC1ON(Cc2ccccc2)[C@H](c2ccccc2)[C@H]1OC(=O)c1ccccc1)c1ccccc1. The van der Waals surface area contributed by atoms with E-state index in [-0.39, 0.29) is 0 Å². The fourth-order valence-electron chi connectivity index (χ4n) is 4.20. The molecule has 1 aliphatic heterocycles. The van der Waals surface area contributed by atoms with Gasteiger partial charge in [0.25, 0.3) is 6.29 Å². The van der Waals surface area contributed by atoms with Crippen molar-refractivity contribution in [3.8, 4) is 0 Å². The summed E-state index contributed by atoms with van der Waals surface area (Å²) >= 11 is 0. The van der Waals surface area contributed by atoms with E-state index in [1.807, 2.05) is 72.8 Å². The zero-order valence-electron chi connectivity index (χ0n) is 19.5. The van der Waals surface area contributed by atoms with Gasteiger partial charge in [-0.1, -0.05) is 97.1 Å². The minimum atomic E-state index is -1.14. The lowest BCUT2D eigenvalue weighted by Gasteiger charge is -2.25. The fraction of sp³-hybridized carbons (Fsp3) is 0.133. The summed E-state index contributed by atoms with van der Waals surface area (Å²) in [7, 11) is 0. The Balaban J connectivity index is 1.49. The van der Waals surface area contributed by atoms with Gasteiger partial charge in [-0.05, 0) is 35.4 Å². The van der Waals surface area contributed by atoms with E-state index in [2.05, 4.69) is 0 Å². The van der Waals surface area contributed by atoms with Gasteiger partial charge in [-0.2, -0.15) is 5.06 Å². The van der Waals surface area contributed by atoms with Crippen molar-refractivity contribution in [2.45, 2.75) is 25.0 Å². The van der Waals surface area contributed by atoms with Gasteiger partial charge >= 0.3 is 11.9 Å². The van der Waals surface area contributed by atoms with Crippen LogP contribution in [0.4, 0.5) is 0 Å². The minimum Gasteiger partial charge on any atom is -0.450 e. The number of hydroxylamine groups is 2. The van der Waals surface area contributed by atoms with E-state index in [0.717, 1.165) is 11.1 Å². The first kappa shape index (κ1) is 23.5. The second-order valence-electron chi connectivity index (χ2n) is 8.40. The summed E-state index contributed by atoms with van der Waals surface area (Å²) < 4.78 is 11.8. The van der Waals surface area contributed by atoms with Crippen molar-refractivity contribution < 1.29 is 23.9 Å². The lowest BCUT2D eigenvalue weighted by atomic mass is 10.0. The van der Waals surface area contributed by atoms with Crippen molar-refractivity contribution in [3.63, 3.8) is 0 Å². The Labute approximate surface area is 209 Å². The molecule has 4 aromatic rings. The van der Waals surface area contributed by atoms with Gasteiger partial charge in [0.15, 0.2) is 6.10 Å². The van der Waals surface area contributed by atoms with Crippen LogP contribution in [0.5, 0.6) is 0 Å². The number of nitrogens with zero attached hydrogens (tertiary/aromatic N) is 1. The molecule has 0 amide bonds. The third-order valence-electron chi connectivity index (χ3n) is 5.94. The smallest absolute Gasteiger partial charge is 0.340 e. The van der Waals surface area contributed by atoms with Crippen LogP contribution < -0.4 is 0 Å². The summed E-state index contributed by atoms with van der Waals surface area (Å²) in [4.78, 5) is 32.2. The number of carbonyl (C=O) groups is 2. The van der Waals surface area contributed by atoms with Crippen LogP contribution in [0.2, 0.25) is 0 Å². The molecule has 1 saturated heterocycles. The molecule has 1 unspecified atom stereocenters. The van der Waals surface area contributed by atoms with E-state index in [1.54, 1.807) is 53.6 Å². The van der Waals surface area contributed by atoms with E-state index in [1.165, 1.54) is 0 Å². The molecule has 1 heterocycles. The Kier molecular flexibility index (Phi) is 7.17. The van der Waals surface area contributed by atoms with E-state index < -0.39 is 30.4 Å². The van der Waals surface area contributed by atoms with Gasteiger partial charge in [0, 0.05) is 0 Å². The molecule has 1 aliphatic rings. The standard InChI is InChI=1S/C30H25NO5/c32-28(24-17-9-3-10-18-24)34-27-26(23-15-7-2-8-16-23)31(21-22-13-5-1-6-14-22)36-30(27)35-29(33)25-19-11-4-12-20-25/h1-20,26-27,30H,21H2/t26-,27-,30?/m1/s1. The monoisotopic (exact) mass is 479 g/mol. The molecule has 0 bridgehead atoms. The third-order valence-corrected chi connectivity index (χ3v) is 5.94. The highest BCUT2D eigenvalue weighted by Crippen LogP contribution is 2.39. The van der Waals surface area contributed by atoms with Gasteiger partial charge in [0.05, 0.1) is 17.7 Å². The maximum atomic E-state index is 13.1. The molecule has 36 heavy (non-hydrogen) atoms. The minimum absolute atomic E-state index is 0.381. The lowest BCUT2D eigenvalue weighted by molar-refractivity contribution is -0.233. The number of rotatable bonds is 7. The zero-order valence-corrected chi connectivity index (χ0v) is 19.5. The second-order valence-corrected chi connectivity index (χ2v) is 8.40. The van der Waals surface area contributed by atoms with E-state index in [9.17, 15) is 9.59 Å². The highest BCUT2D eigenvalue weighted by atomic mass is 16.8. The Bertz CT molecular complexity index is 1280. The summed E-state index contributed by atoms with van der Waals surface area (Å²) in [5, 5.41) is 1.72. The van der Waals surface area contributed by atoms with Crippen molar-refractivity contribution >= 4 is 11.9 Å². The van der Waals surface area contributed by atoms with Gasteiger partial charge < -0.3 is 9.47 Å². The van der Waals surface area contributed by atoms with Gasteiger partial charge in [-0.25, -0.2) is 14.4 Å². The Morgan fingerprint density at radius 3 is 1.67 bits per heavy atom. The molecule has 0 spiro atoms. The van der Waals surface area contributed by atoms with Crippen molar-refractivity contribution in [1.29, 1.82) is 0 Å². The van der Waals surface area contributed by atoms with E-state index >= 15 is 0 Å². The highest BCUT2D eigenvalue weighted by Gasteiger charge is 2.49. The molecular formula is C30H25NO5. The van der Waals surface area contributed by atoms with Crippen molar-refractivity contribution in [2.75, 3.05) is 0 Å². The van der Waals surface area contributed by atoms with E-state index in [0.29, 0.717) is 17.7 Å². The molecule has 0 aromatic heterocycles. The summed E-state index contributed by atoms with van der Waals surface area (Å²) in [6.07, 6.45) is -2.05. The Morgan fingerprint density at radius 1 is 0.639 bits per heavy atom. The Morgan fingerprint density at radius 2 is 1.11 bits per heavy atom.